The molecule has 0 aliphatic rings. The number of fused-ring (bicyclic) bond motifs is 1. The number of benzene rings is 1. The number of thiophene rings is 1. The molecule has 1 aromatic carbocycles. The van der Waals surface area contributed by atoms with Gasteiger partial charge in [0.05, 0.1) is 16.2 Å². The van der Waals surface area contributed by atoms with Crippen LogP contribution in [0.1, 0.15) is 17.3 Å². The predicted molar refractivity (Wildman–Crippen MR) is 103 cm³/mol. The number of hydrogen-bond acceptors (Lipinski definition) is 6. The van der Waals surface area contributed by atoms with Crippen molar-refractivity contribution in [1.82, 2.24) is 9.97 Å². The average molecular weight is 410 g/mol. The molecular formula is C16H12ClN3O4S2. The van der Waals surface area contributed by atoms with Gasteiger partial charge in [0.15, 0.2) is 5.16 Å². The molecule has 0 saturated heterocycles. The molecule has 0 aliphatic heterocycles. The molecule has 0 aliphatic carbocycles. The van der Waals surface area contributed by atoms with E-state index in [2.05, 4.69) is 15.3 Å². The summed E-state index contributed by atoms with van der Waals surface area (Å²) in [6.45, 7) is 1.68. The van der Waals surface area contributed by atoms with E-state index >= 15 is 0 Å². The fraction of sp³-hybridized carbons (Fsp3) is 0.125. The number of carboxylic acids is 1. The van der Waals surface area contributed by atoms with Crippen molar-refractivity contribution in [2.75, 3.05) is 5.32 Å². The molecule has 0 bridgehead atoms. The molecule has 3 aromatic rings. The van der Waals surface area contributed by atoms with Gasteiger partial charge in [0.2, 0.25) is 5.91 Å². The van der Waals surface area contributed by atoms with Crippen LogP contribution in [0.4, 0.5) is 5.69 Å². The molecule has 26 heavy (non-hydrogen) atoms. The number of carbonyl (C=O) groups is 2. The van der Waals surface area contributed by atoms with Crippen molar-refractivity contribution in [2.45, 2.75) is 17.3 Å². The van der Waals surface area contributed by atoms with E-state index < -0.39 is 16.8 Å². The largest absolute Gasteiger partial charge is 0.478 e. The summed E-state index contributed by atoms with van der Waals surface area (Å²) in [7, 11) is 0. The van der Waals surface area contributed by atoms with Gasteiger partial charge in [-0.25, -0.2) is 9.78 Å². The number of amides is 1. The van der Waals surface area contributed by atoms with Crippen LogP contribution in [-0.4, -0.2) is 32.2 Å². The summed E-state index contributed by atoms with van der Waals surface area (Å²) in [5.41, 5.74) is -0.0154. The summed E-state index contributed by atoms with van der Waals surface area (Å²) in [4.78, 5) is 42.7. The lowest BCUT2D eigenvalue weighted by molar-refractivity contribution is -0.115. The highest BCUT2D eigenvalue weighted by Gasteiger charge is 2.20. The van der Waals surface area contributed by atoms with E-state index in [1.165, 1.54) is 5.38 Å². The summed E-state index contributed by atoms with van der Waals surface area (Å²) in [6, 6.07) is 6.70. The van der Waals surface area contributed by atoms with E-state index in [0.717, 1.165) is 23.1 Å². The third-order valence-corrected chi connectivity index (χ3v) is 5.53. The Hall–Kier alpha value is -2.36. The number of carboxylic acid groups (broad SMARTS) is 1. The first-order valence-electron chi connectivity index (χ1n) is 7.33. The number of nitrogens with zero attached hydrogens (tertiary/aromatic N) is 1. The maximum Gasteiger partial charge on any atom is 0.337 e. The first-order valence-corrected chi connectivity index (χ1v) is 9.47. The number of nitrogens with one attached hydrogen (secondary N) is 2. The molecule has 3 N–H and O–H groups in total. The van der Waals surface area contributed by atoms with Crippen molar-refractivity contribution in [1.29, 1.82) is 0 Å². The maximum absolute atomic E-state index is 12.3. The second kappa shape index (κ2) is 7.48. The number of hydrogen-bond donors (Lipinski definition) is 3. The standard InChI is InChI=1S/C16H12ClN3O4S2/c1-7(12(21)18-9-4-2-8(17)3-5-9)26-16-19-13(22)11-10(15(23)24)6-25-14(11)20-16/h2-7H,1H3,(H,18,21)(H,23,24)(H,19,20,22). The zero-order valence-corrected chi connectivity index (χ0v) is 15.7. The highest BCUT2D eigenvalue weighted by molar-refractivity contribution is 8.00. The third-order valence-electron chi connectivity index (χ3n) is 3.42. The summed E-state index contributed by atoms with van der Waals surface area (Å²) in [5, 5.41) is 13.5. The molecule has 10 heteroatoms. The van der Waals surface area contributed by atoms with Crippen molar-refractivity contribution >= 4 is 62.5 Å². The number of aromatic amines is 1. The van der Waals surface area contributed by atoms with Crippen LogP contribution in [0.2, 0.25) is 5.02 Å². The highest BCUT2D eigenvalue weighted by atomic mass is 35.5. The normalized spacial score (nSPS) is 12.1. The van der Waals surface area contributed by atoms with Gasteiger partial charge in [-0.15, -0.1) is 11.3 Å². The van der Waals surface area contributed by atoms with Gasteiger partial charge in [-0.3, -0.25) is 9.59 Å². The van der Waals surface area contributed by atoms with Crippen LogP contribution in [-0.2, 0) is 4.79 Å². The Kier molecular flexibility index (Phi) is 5.30. The van der Waals surface area contributed by atoms with E-state index in [-0.39, 0.29) is 22.0 Å². The molecule has 134 valence electrons. The van der Waals surface area contributed by atoms with Gasteiger partial charge in [0, 0.05) is 16.1 Å². The molecule has 2 aromatic heterocycles. The van der Waals surface area contributed by atoms with Crippen LogP contribution in [0.5, 0.6) is 0 Å². The number of aromatic nitrogens is 2. The van der Waals surface area contributed by atoms with E-state index in [9.17, 15) is 14.4 Å². The van der Waals surface area contributed by atoms with Crippen molar-refractivity contribution in [3.8, 4) is 0 Å². The quantitative estimate of drug-likeness (QED) is 0.439. The molecule has 0 saturated carbocycles. The van der Waals surface area contributed by atoms with Crippen molar-refractivity contribution < 1.29 is 14.7 Å². The third kappa shape index (κ3) is 3.90. The summed E-state index contributed by atoms with van der Waals surface area (Å²) < 4.78 is 0. The SMILES string of the molecule is CC(Sc1nc2scc(C(=O)O)c2c(=O)[nH]1)C(=O)Nc1ccc(Cl)cc1. The van der Waals surface area contributed by atoms with Gasteiger partial charge < -0.3 is 15.4 Å². The first kappa shape index (κ1) is 18.4. The molecule has 7 nitrogen and oxygen atoms in total. The van der Waals surface area contributed by atoms with Crippen molar-refractivity contribution in [2.24, 2.45) is 0 Å². The second-order valence-electron chi connectivity index (χ2n) is 5.26. The van der Waals surface area contributed by atoms with Crippen LogP contribution < -0.4 is 10.9 Å². The number of carbonyl (C=O) groups excluding carboxylic acids is 1. The zero-order valence-electron chi connectivity index (χ0n) is 13.3. The molecule has 1 atom stereocenters. The smallest absolute Gasteiger partial charge is 0.337 e. The minimum atomic E-state index is -1.18. The fourth-order valence-corrected chi connectivity index (χ4v) is 4.03. The molecule has 0 fully saturated rings. The van der Waals surface area contributed by atoms with Crippen LogP contribution in [0, 0.1) is 0 Å². The average Bonchev–Trinajstić information content (AvgIpc) is 3.01. The van der Waals surface area contributed by atoms with Gasteiger partial charge in [0.1, 0.15) is 4.83 Å². The second-order valence-corrected chi connectivity index (χ2v) is 7.89. The van der Waals surface area contributed by atoms with Gasteiger partial charge in [-0.05, 0) is 31.2 Å². The van der Waals surface area contributed by atoms with Crippen LogP contribution in [0.3, 0.4) is 0 Å². The minimum Gasteiger partial charge on any atom is -0.478 e. The minimum absolute atomic E-state index is 0.0464. The number of halogens is 1. The molecule has 0 radical (unpaired) electrons. The predicted octanol–water partition coefficient (Wildman–Crippen LogP) is 3.46. The van der Waals surface area contributed by atoms with E-state index in [4.69, 9.17) is 16.7 Å². The summed E-state index contributed by atoms with van der Waals surface area (Å²) in [5.74, 6) is -1.45. The number of anilines is 1. The Balaban J connectivity index is 1.77. The highest BCUT2D eigenvalue weighted by Crippen LogP contribution is 2.26. The Bertz CT molecular complexity index is 1050. The van der Waals surface area contributed by atoms with Gasteiger partial charge in [-0.1, -0.05) is 23.4 Å². The maximum atomic E-state index is 12.3. The van der Waals surface area contributed by atoms with Crippen LogP contribution in [0.15, 0.2) is 39.6 Å². The fourth-order valence-electron chi connectivity index (χ4n) is 2.14. The molecular weight excluding hydrogens is 398 g/mol. The summed E-state index contributed by atoms with van der Waals surface area (Å²) in [6.07, 6.45) is 0. The van der Waals surface area contributed by atoms with Gasteiger partial charge in [0.25, 0.3) is 5.56 Å². The Labute approximate surface area is 160 Å². The Morgan fingerprint density at radius 1 is 1.35 bits per heavy atom. The molecule has 0 spiro atoms. The zero-order chi connectivity index (χ0) is 18.8. The number of rotatable bonds is 5. The molecule has 3 rings (SSSR count). The van der Waals surface area contributed by atoms with Gasteiger partial charge >= 0.3 is 5.97 Å². The van der Waals surface area contributed by atoms with E-state index in [0.29, 0.717) is 15.5 Å². The Morgan fingerprint density at radius 2 is 2.04 bits per heavy atom. The first-order chi connectivity index (χ1) is 12.3. The van der Waals surface area contributed by atoms with Crippen molar-refractivity contribution in [3.05, 3.63) is 50.6 Å². The molecule has 2 heterocycles. The number of H-pyrrole nitrogens is 1. The molecule has 1 unspecified atom stereocenters. The lowest BCUT2D eigenvalue weighted by atomic mass is 10.2. The van der Waals surface area contributed by atoms with Crippen LogP contribution >= 0.6 is 34.7 Å². The van der Waals surface area contributed by atoms with Crippen molar-refractivity contribution in [3.63, 3.8) is 0 Å². The van der Waals surface area contributed by atoms with Gasteiger partial charge in [-0.2, -0.15) is 0 Å². The number of thioether (sulfide) groups is 1. The molecule has 1 amide bonds. The lowest BCUT2D eigenvalue weighted by Crippen LogP contribution is -2.23. The topological polar surface area (TPSA) is 112 Å². The summed E-state index contributed by atoms with van der Waals surface area (Å²) >= 11 is 7.95. The van der Waals surface area contributed by atoms with E-state index in [1.54, 1.807) is 31.2 Å². The monoisotopic (exact) mass is 409 g/mol. The van der Waals surface area contributed by atoms with Crippen LogP contribution in [0.25, 0.3) is 10.2 Å². The Morgan fingerprint density at radius 3 is 2.69 bits per heavy atom. The number of aromatic carboxylic acids is 1. The lowest BCUT2D eigenvalue weighted by Gasteiger charge is -2.11. The van der Waals surface area contributed by atoms with E-state index in [1.807, 2.05) is 0 Å².